The monoisotopic (exact) mass is 293 g/mol. The highest BCUT2D eigenvalue weighted by Crippen LogP contribution is 2.18. The molecule has 5 heteroatoms. The molecule has 0 aliphatic carbocycles. The molecule has 116 valence electrons. The lowest BCUT2D eigenvalue weighted by atomic mass is 10.2. The van der Waals surface area contributed by atoms with Crippen LogP contribution in [0.2, 0.25) is 0 Å². The van der Waals surface area contributed by atoms with Gasteiger partial charge in [0.15, 0.2) is 0 Å². The SMILES string of the molecule is CN1CC(OCCCOCc2ccccc2)CC1C(=O)O. The molecule has 1 aliphatic rings. The van der Waals surface area contributed by atoms with Crippen LogP contribution in [-0.4, -0.2) is 54.9 Å². The average molecular weight is 293 g/mol. The third-order valence-corrected chi connectivity index (χ3v) is 3.69. The Bertz CT molecular complexity index is 437. The molecular formula is C16H23NO4. The molecule has 2 atom stereocenters. The Morgan fingerprint density at radius 2 is 2.10 bits per heavy atom. The van der Waals surface area contributed by atoms with E-state index in [-0.39, 0.29) is 6.10 Å². The number of aliphatic carboxylic acids is 1. The van der Waals surface area contributed by atoms with Crippen molar-refractivity contribution in [3.05, 3.63) is 35.9 Å². The van der Waals surface area contributed by atoms with Gasteiger partial charge in [0.25, 0.3) is 0 Å². The molecule has 0 amide bonds. The van der Waals surface area contributed by atoms with Crippen molar-refractivity contribution in [1.29, 1.82) is 0 Å². The number of carbonyl (C=O) groups is 1. The zero-order chi connectivity index (χ0) is 15.1. The van der Waals surface area contributed by atoms with E-state index in [0.717, 1.165) is 6.42 Å². The highest BCUT2D eigenvalue weighted by molar-refractivity contribution is 5.73. The Labute approximate surface area is 125 Å². The number of ether oxygens (including phenoxy) is 2. The maximum Gasteiger partial charge on any atom is 0.321 e. The molecule has 0 bridgehead atoms. The van der Waals surface area contributed by atoms with Crippen LogP contribution in [0.5, 0.6) is 0 Å². The molecule has 2 unspecified atom stereocenters. The van der Waals surface area contributed by atoms with Gasteiger partial charge in [-0.1, -0.05) is 30.3 Å². The number of nitrogens with zero attached hydrogens (tertiary/aromatic N) is 1. The van der Waals surface area contributed by atoms with E-state index < -0.39 is 12.0 Å². The summed E-state index contributed by atoms with van der Waals surface area (Å²) in [6.45, 7) is 2.56. The van der Waals surface area contributed by atoms with Crippen molar-refractivity contribution in [2.45, 2.75) is 31.6 Å². The predicted octanol–water partition coefficient (Wildman–Crippen LogP) is 1.77. The second kappa shape index (κ2) is 8.12. The zero-order valence-corrected chi connectivity index (χ0v) is 12.4. The summed E-state index contributed by atoms with van der Waals surface area (Å²) in [4.78, 5) is 12.8. The van der Waals surface area contributed by atoms with Crippen LogP contribution in [0.1, 0.15) is 18.4 Å². The smallest absolute Gasteiger partial charge is 0.321 e. The molecule has 1 saturated heterocycles. The van der Waals surface area contributed by atoms with Crippen LogP contribution in [0, 0.1) is 0 Å². The average Bonchev–Trinajstić information content (AvgIpc) is 2.85. The minimum atomic E-state index is -0.769. The van der Waals surface area contributed by atoms with Crippen LogP contribution < -0.4 is 0 Å². The summed E-state index contributed by atoms with van der Waals surface area (Å²) in [5.41, 5.74) is 1.17. The Kier molecular flexibility index (Phi) is 6.17. The van der Waals surface area contributed by atoms with Crippen LogP contribution in [0.15, 0.2) is 30.3 Å². The van der Waals surface area contributed by atoms with E-state index >= 15 is 0 Å². The molecule has 0 aromatic heterocycles. The number of hydrogen-bond donors (Lipinski definition) is 1. The summed E-state index contributed by atoms with van der Waals surface area (Å²) in [7, 11) is 1.82. The molecular weight excluding hydrogens is 270 g/mol. The van der Waals surface area contributed by atoms with Crippen molar-refractivity contribution in [1.82, 2.24) is 4.90 Å². The Balaban J connectivity index is 1.53. The van der Waals surface area contributed by atoms with E-state index in [2.05, 4.69) is 0 Å². The predicted molar refractivity (Wildman–Crippen MR) is 79.1 cm³/mol. The molecule has 0 radical (unpaired) electrons. The molecule has 1 N–H and O–H groups in total. The lowest BCUT2D eigenvalue weighted by molar-refractivity contribution is -0.141. The van der Waals surface area contributed by atoms with Crippen molar-refractivity contribution < 1.29 is 19.4 Å². The quantitative estimate of drug-likeness (QED) is 0.740. The van der Waals surface area contributed by atoms with E-state index in [1.54, 1.807) is 0 Å². The van der Waals surface area contributed by atoms with Crippen molar-refractivity contribution in [2.75, 3.05) is 26.8 Å². The molecule has 21 heavy (non-hydrogen) atoms. The van der Waals surface area contributed by atoms with Gasteiger partial charge in [0.05, 0.1) is 12.7 Å². The third-order valence-electron chi connectivity index (χ3n) is 3.69. The van der Waals surface area contributed by atoms with Gasteiger partial charge in [0.1, 0.15) is 6.04 Å². The van der Waals surface area contributed by atoms with Crippen molar-refractivity contribution in [2.24, 2.45) is 0 Å². The van der Waals surface area contributed by atoms with E-state index in [0.29, 0.717) is 32.8 Å². The van der Waals surface area contributed by atoms with Gasteiger partial charge in [-0.15, -0.1) is 0 Å². The lowest BCUT2D eigenvalue weighted by Crippen LogP contribution is -2.32. The first kappa shape index (κ1) is 15.9. The van der Waals surface area contributed by atoms with Crippen LogP contribution in [0.25, 0.3) is 0 Å². The number of likely N-dealkylation sites (N-methyl/N-ethyl adjacent to an activating group) is 1. The summed E-state index contributed by atoms with van der Waals surface area (Å²) >= 11 is 0. The molecule has 1 aromatic rings. The molecule has 2 rings (SSSR count). The standard InChI is InChI=1S/C16H23NO4/c1-17-11-14(10-15(17)16(18)19)21-9-5-8-20-12-13-6-3-2-4-7-13/h2-4,6-7,14-15H,5,8-12H2,1H3,(H,18,19). The van der Waals surface area contributed by atoms with Crippen molar-refractivity contribution >= 4 is 5.97 Å². The van der Waals surface area contributed by atoms with Gasteiger partial charge >= 0.3 is 5.97 Å². The van der Waals surface area contributed by atoms with Crippen molar-refractivity contribution in [3.8, 4) is 0 Å². The second-order valence-electron chi connectivity index (χ2n) is 5.41. The molecule has 1 fully saturated rings. The maximum absolute atomic E-state index is 11.0. The lowest BCUT2D eigenvalue weighted by Gasteiger charge is -2.13. The van der Waals surface area contributed by atoms with E-state index in [1.807, 2.05) is 42.3 Å². The highest BCUT2D eigenvalue weighted by atomic mass is 16.5. The summed E-state index contributed by atoms with van der Waals surface area (Å²) in [6.07, 6.45) is 1.41. The van der Waals surface area contributed by atoms with Gasteiger partial charge in [-0.05, 0) is 19.0 Å². The minimum absolute atomic E-state index is 0.0187. The van der Waals surface area contributed by atoms with E-state index in [4.69, 9.17) is 14.6 Å². The number of likely N-dealkylation sites (tertiary alicyclic amines) is 1. The van der Waals surface area contributed by atoms with Crippen molar-refractivity contribution in [3.63, 3.8) is 0 Å². The summed E-state index contributed by atoms with van der Waals surface area (Å²) in [5, 5.41) is 9.03. The van der Waals surface area contributed by atoms with Gasteiger partial charge in [-0.2, -0.15) is 0 Å². The molecule has 1 aliphatic heterocycles. The largest absolute Gasteiger partial charge is 0.480 e. The molecule has 5 nitrogen and oxygen atoms in total. The first-order valence-electron chi connectivity index (χ1n) is 7.33. The van der Waals surface area contributed by atoms with Gasteiger partial charge in [-0.3, -0.25) is 9.69 Å². The molecule has 0 saturated carbocycles. The second-order valence-corrected chi connectivity index (χ2v) is 5.41. The topological polar surface area (TPSA) is 59.0 Å². The van der Waals surface area contributed by atoms with Crippen LogP contribution in [-0.2, 0) is 20.9 Å². The number of carboxylic acid groups (broad SMARTS) is 1. The summed E-state index contributed by atoms with van der Waals surface area (Å²) in [6, 6.07) is 9.65. The Hall–Kier alpha value is -1.43. The molecule has 1 heterocycles. The molecule has 0 spiro atoms. The van der Waals surface area contributed by atoms with Gasteiger partial charge in [0, 0.05) is 26.2 Å². The van der Waals surface area contributed by atoms with Gasteiger partial charge in [0.2, 0.25) is 0 Å². The van der Waals surface area contributed by atoms with Crippen LogP contribution >= 0.6 is 0 Å². The number of benzene rings is 1. The van der Waals surface area contributed by atoms with E-state index in [9.17, 15) is 4.79 Å². The van der Waals surface area contributed by atoms with E-state index in [1.165, 1.54) is 5.56 Å². The first-order valence-corrected chi connectivity index (χ1v) is 7.33. The van der Waals surface area contributed by atoms with Crippen LogP contribution in [0.4, 0.5) is 0 Å². The first-order chi connectivity index (χ1) is 10.2. The zero-order valence-electron chi connectivity index (χ0n) is 12.4. The Morgan fingerprint density at radius 1 is 1.33 bits per heavy atom. The fourth-order valence-electron chi connectivity index (χ4n) is 2.54. The van der Waals surface area contributed by atoms with Gasteiger partial charge < -0.3 is 14.6 Å². The summed E-state index contributed by atoms with van der Waals surface area (Å²) < 4.78 is 11.3. The Morgan fingerprint density at radius 3 is 2.76 bits per heavy atom. The maximum atomic E-state index is 11.0. The third kappa shape index (κ3) is 5.12. The molecule has 1 aromatic carbocycles. The fraction of sp³-hybridized carbons (Fsp3) is 0.562. The normalized spacial score (nSPS) is 22.5. The minimum Gasteiger partial charge on any atom is -0.480 e. The van der Waals surface area contributed by atoms with Crippen LogP contribution in [0.3, 0.4) is 0 Å². The summed E-state index contributed by atoms with van der Waals surface area (Å²) in [5.74, 6) is -0.769. The fourth-order valence-corrected chi connectivity index (χ4v) is 2.54. The van der Waals surface area contributed by atoms with Gasteiger partial charge in [-0.25, -0.2) is 0 Å². The highest BCUT2D eigenvalue weighted by Gasteiger charge is 2.34. The number of rotatable bonds is 8. The number of carboxylic acids is 1. The number of hydrogen-bond acceptors (Lipinski definition) is 4.